The zero-order valence-corrected chi connectivity index (χ0v) is 36.2. The van der Waals surface area contributed by atoms with Crippen LogP contribution < -0.4 is 40.1 Å². The summed E-state index contributed by atoms with van der Waals surface area (Å²) >= 11 is 12.9. The molecule has 63 heavy (non-hydrogen) atoms. The van der Waals surface area contributed by atoms with Crippen molar-refractivity contribution >= 4 is 93.2 Å². The van der Waals surface area contributed by atoms with Crippen molar-refractivity contribution in [1.82, 2.24) is 25.1 Å². The fourth-order valence-electron chi connectivity index (χ4n) is 8.28. The van der Waals surface area contributed by atoms with E-state index in [0.717, 1.165) is 22.0 Å². The third-order valence-corrected chi connectivity index (χ3v) is 12.6. The number of amides is 7. The molecule has 0 saturated carbocycles. The number of methoxy groups -OCH3 is 2. The average Bonchev–Trinajstić information content (AvgIpc) is 3.55. The molecule has 3 saturated heterocycles. The van der Waals surface area contributed by atoms with Gasteiger partial charge in [0.05, 0.1) is 31.0 Å². The summed E-state index contributed by atoms with van der Waals surface area (Å²) in [6.07, 6.45) is 2.81. The number of fused-ring (bicyclic) bond motifs is 1. The van der Waals surface area contributed by atoms with Crippen LogP contribution in [-0.2, 0) is 14.4 Å². The summed E-state index contributed by atoms with van der Waals surface area (Å²) in [7, 11) is 4.42. The molecule has 18 nitrogen and oxygen atoms in total. The van der Waals surface area contributed by atoms with Crippen molar-refractivity contribution in [1.29, 1.82) is 0 Å². The molecule has 0 radical (unpaired) electrons. The van der Waals surface area contributed by atoms with Crippen LogP contribution in [0.4, 0.5) is 39.2 Å². The molecule has 1 atom stereocenters. The van der Waals surface area contributed by atoms with Gasteiger partial charge in [0.25, 0.3) is 11.8 Å². The number of carbonyl (C=O) groups excluding carboxylic acids is 6. The minimum Gasteiger partial charge on any atom is -0.495 e. The van der Waals surface area contributed by atoms with Crippen molar-refractivity contribution in [2.75, 3.05) is 85.9 Å². The Morgan fingerprint density at radius 2 is 1.41 bits per heavy atom. The second-order valence-corrected chi connectivity index (χ2v) is 16.2. The molecule has 0 aliphatic carbocycles. The number of imide groups is 2. The lowest BCUT2D eigenvalue weighted by Crippen LogP contribution is -2.54. The van der Waals surface area contributed by atoms with Crippen LogP contribution in [0.3, 0.4) is 0 Å². The Morgan fingerprint density at radius 3 is 2.06 bits per heavy atom. The molecule has 3 aromatic carbocycles. The largest absolute Gasteiger partial charge is 0.495 e. The van der Waals surface area contributed by atoms with Crippen molar-refractivity contribution in [2.24, 2.45) is 5.92 Å². The van der Waals surface area contributed by atoms with E-state index in [1.165, 1.54) is 31.5 Å². The predicted octanol–water partition coefficient (Wildman–Crippen LogP) is 5.18. The first kappa shape index (κ1) is 43.0. The van der Waals surface area contributed by atoms with E-state index in [1.54, 1.807) is 31.3 Å². The highest BCUT2D eigenvalue weighted by atomic mass is 35.5. The summed E-state index contributed by atoms with van der Waals surface area (Å²) in [5, 5.41) is 8.41. The van der Waals surface area contributed by atoms with E-state index >= 15 is 0 Å². The maximum absolute atomic E-state index is 13.7. The first-order chi connectivity index (χ1) is 30.3. The molecule has 1 aromatic heterocycles. The Labute approximate surface area is 372 Å². The number of hydrogen-bond donors (Lipinski definition) is 3. The average molecular weight is 900 g/mol. The lowest BCUT2D eigenvalue weighted by atomic mass is 9.94. The minimum atomic E-state index is -1.02. The van der Waals surface area contributed by atoms with Crippen LogP contribution in [0.2, 0.25) is 10.0 Å². The highest BCUT2D eigenvalue weighted by Crippen LogP contribution is 2.44. The molecule has 0 bridgehead atoms. The number of piperazine rings is 1. The van der Waals surface area contributed by atoms with Crippen molar-refractivity contribution < 1.29 is 38.2 Å². The summed E-state index contributed by atoms with van der Waals surface area (Å²) in [4.78, 5) is 94.6. The van der Waals surface area contributed by atoms with Gasteiger partial charge >= 0.3 is 6.03 Å². The van der Waals surface area contributed by atoms with Crippen LogP contribution in [0.5, 0.6) is 11.5 Å². The summed E-state index contributed by atoms with van der Waals surface area (Å²) in [5.41, 5.74) is 3.17. The number of hydrogen-bond acceptors (Lipinski definition) is 13. The fraction of sp³-hybridized carbons (Fsp3) is 0.349. The number of benzene rings is 3. The molecule has 3 fully saturated rings. The predicted molar refractivity (Wildman–Crippen MR) is 236 cm³/mol. The minimum absolute atomic E-state index is 0.0587. The van der Waals surface area contributed by atoms with Crippen LogP contribution in [0.1, 0.15) is 46.4 Å². The van der Waals surface area contributed by atoms with E-state index in [1.807, 2.05) is 29.2 Å². The third kappa shape index (κ3) is 8.60. The molecule has 20 heteroatoms. The van der Waals surface area contributed by atoms with E-state index < -0.39 is 35.7 Å². The van der Waals surface area contributed by atoms with Gasteiger partial charge in [-0.05, 0) is 61.7 Å². The standard InChI is InChI=1S/C43H44Cl2N10O8/c1-51(43(61)50-38-36(44)31(62-2)21-32(63-3)37(38)45)34-22-33(46-23-47-34)48-25-4-6-26(7-5-25)53-16-18-54(19-17-53)40(58)24-12-14-52(15-13-24)27-8-9-28-29(20-27)42(60)55(41(28)59)30-10-11-35(56)49-39(30)57/h4-9,20-24,30H,10-19H2,1-3H3,(H,50,61)(H,46,47,48)(H,49,56,57). The molecule has 4 aromatic rings. The number of ether oxygens (including phenoxy) is 2. The van der Waals surface area contributed by atoms with Gasteiger partial charge in [-0.15, -0.1) is 0 Å². The maximum atomic E-state index is 13.7. The summed E-state index contributed by atoms with van der Waals surface area (Å²) in [5.74, 6) is -0.804. The van der Waals surface area contributed by atoms with Crippen LogP contribution in [-0.4, -0.2) is 122 Å². The van der Waals surface area contributed by atoms with E-state index in [2.05, 4.69) is 35.7 Å². The number of urea groups is 1. The number of rotatable bonds is 10. The number of nitrogens with one attached hydrogen (secondary N) is 3. The molecule has 1 unspecified atom stereocenters. The van der Waals surface area contributed by atoms with Crippen molar-refractivity contribution in [2.45, 2.75) is 31.7 Å². The van der Waals surface area contributed by atoms with Crippen molar-refractivity contribution in [3.05, 3.63) is 82.1 Å². The Morgan fingerprint density at radius 1 is 0.778 bits per heavy atom. The topological polar surface area (TPSA) is 199 Å². The summed E-state index contributed by atoms with van der Waals surface area (Å²) in [6.45, 7) is 3.77. The number of carbonyl (C=O) groups is 6. The Balaban J connectivity index is 0.810. The van der Waals surface area contributed by atoms with Crippen molar-refractivity contribution in [3.63, 3.8) is 0 Å². The number of halogens is 2. The van der Waals surface area contributed by atoms with Gasteiger partial charge in [0.1, 0.15) is 45.5 Å². The molecule has 5 heterocycles. The van der Waals surface area contributed by atoms with Gasteiger partial charge in [0.2, 0.25) is 17.7 Å². The second kappa shape index (κ2) is 18.0. The van der Waals surface area contributed by atoms with Gasteiger partial charge in [0.15, 0.2) is 0 Å². The lowest BCUT2D eigenvalue weighted by molar-refractivity contribution is -0.137. The van der Waals surface area contributed by atoms with Gasteiger partial charge in [-0.2, -0.15) is 0 Å². The summed E-state index contributed by atoms with van der Waals surface area (Å²) < 4.78 is 10.6. The Hall–Kier alpha value is -6.66. The number of anilines is 6. The fourth-order valence-corrected chi connectivity index (χ4v) is 8.87. The highest BCUT2D eigenvalue weighted by Gasteiger charge is 2.45. The normalized spacial score (nSPS) is 18.0. The number of aromatic nitrogens is 2. The SMILES string of the molecule is COc1cc(OC)c(Cl)c(NC(=O)N(C)c2cc(Nc3ccc(N4CCN(C(=O)C5CCN(c6ccc7c(c6)C(=O)N(C6CCC(=O)NC6=O)C7=O)CC5)CC4)cc3)ncn2)c1Cl. The number of nitrogens with zero attached hydrogens (tertiary/aromatic N) is 7. The van der Waals surface area contributed by atoms with E-state index in [0.29, 0.717) is 63.7 Å². The molecular formula is C43H44Cl2N10O8. The molecular weight excluding hydrogens is 855 g/mol. The molecule has 4 aliphatic rings. The van der Waals surface area contributed by atoms with E-state index in [9.17, 15) is 28.8 Å². The van der Waals surface area contributed by atoms with Crippen molar-refractivity contribution in [3.8, 4) is 11.5 Å². The van der Waals surface area contributed by atoms with E-state index in [-0.39, 0.29) is 63.0 Å². The summed E-state index contributed by atoms with van der Waals surface area (Å²) in [6, 6.07) is 14.5. The molecule has 328 valence electrons. The number of piperidine rings is 2. The van der Waals surface area contributed by atoms with Gasteiger partial charge in [-0.25, -0.2) is 14.8 Å². The molecule has 4 aliphatic heterocycles. The molecule has 8 rings (SSSR count). The van der Waals surface area contributed by atoms with Crippen LogP contribution in [0.25, 0.3) is 0 Å². The first-order valence-corrected chi connectivity index (χ1v) is 21.1. The smallest absolute Gasteiger partial charge is 0.327 e. The van der Waals surface area contributed by atoms with E-state index in [4.69, 9.17) is 32.7 Å². The van der Waals surface area contributed by atoms with Gasteiger partial charge in [-0.3, -0.25) is 39.1 Å². The maximum Gasteiger partial charge on any atom is 0.327 e. The quantitative estimate of drug-likeness (QED) is 0.176. The Bertz CT molecular complexity index is 2460. The van der Waals surface area contributed by atoms with Gasteiger partial charge in [-0.1, -0.05) is 23.2 Å². The van der Waals surface area contributed by atoms with Crippen LogP contribution in [0.15, 0.2) is 60.9 Å². The zero-order chi connectivity index (χ0) is 44.5. The highest BCUT2D eigenvalue weighted by molar-refractivity contribution is 6.41. The Kier molecular flexibility index (Phi) is 12.3. The second-order valence-electron chi connectivity index (χ2n) is 15.5. The molecule has 0 spiro atoms. The first-order valence-electron chi connectivity index (χ1n) is 20.3. The zero-order valence-electron chi connectivity index (χ0n) is 34.7. The van der Waals surface area contributed by atoms with Crippen LogP contribution >= 0.6 is 23.2 Å². The van der Waals surface area contributed by atoms with Gasteiger partial charge in [0, 0.05) is 87.8 Å². The van der Waals surface area contributed by atoms with Gasteiger partial charge < -0.3 is 34.8 Å². The molecule has 3 N–H and O–H groups in total. The molecule has 7 amide bonds. The third-order valence-electron chi connectivity index (χ3n) is 11.8. The lowest BCUT2D eigenvalue weighted by Gasteiger charge is -2.39. The monoisotopic (exact) mass is 898 g/mol. The van der Waals surface area contributed by atoms with Crippen LogP contribution in [0, 0.1) is 5.92 Å².